The van der Waals surface area contributed by atoms with E-state index in [0.29, 0.717) is 22.4 Å². The van der Waals surface area contributed by atoms with Crippen molar-refractivity contribution in [1.82, 2.24) is 0 Å². The highest BCUT2D eigenvalue weighted by atomic mass is 19.3. The van der Waals surface area contributed by atoms with Crippen molar-refractivity contribution >= 4 is 12.0 Å². The predicted molar refractivity (Wildman–Crippen MR) is 119 cm³/mol. The maximum absolute atomic E-state index is 14.1. The molecule has 0 fully saturated rings. The summed E-state index contributed by atoms with van der Waals surface area (Å²) in [7, 11) is 1.31. The van der Waals surface area contributed by atoms with Gasteiger partial charge in [0.1, 0.15) is 18.2 Å². The van der Waals surface area contributed by atoms with Crippen LogP contribution >= 0.6 is 0 Å². The minimum Gasteiger partial charge on any atom is -0.493 e. The van der Waals surface area contributed by atoms with Gasteiger partial charge in [0.05, 0.1) is 13.7 Å². The van der Waals surface area contributed by atoms with Crippen LogP contribution in [0.5, 0.6) is 17.2 Å². The van der Waals surface area contributed by atoms with Gasteiger partial charge in [0.15, 0.2) is 11.5 Å². The third-order valence-electron chi connectivity index (χ3n) is 5.08. The normalized spacial score (nSPS) is 14.9. The number of benzene rings is 3. The average molecular weight is 486 g/mol. The predicted octanol–water partition coefficient (Wildman–Crippen LogP) is 5.80. The second-order valence-corrected chi connectivity index (χ2v) is 7.45. The van der Waals surface area contributed by atoms with Crippen molar-refractivity contribution in [1.29, 1.82) is 0 Å². The molecular weight excluding hydrogens is 465 g/mol. The quantitative estimate of drug-likeness (QED) is 0.296. The summed E-state index contributed by atoms with van der Waals surface area (Å²) in [6.45, 7) is -3.08. The topological polar surface area (TPSA) is 63.2 Å². The molecule has 0 saturated heterocycles. The Hall–Kier alpha value is -3.98. The second-order valence-electron chi connectivity index (χ2n) is 7.45. The van der Waals surface area contributed by atoms with E-state index >= 15 is 0 Å². The lowest BCUT2D eigenvalue weighted by Gasteiger charge is -2.28. The zero-order valence-electron chi connectivity index (χ0n) is 18.6. The Morgan fingerprint density at radius 3 is 2.66 bits per heavy atom. The number of ether oxygens (including phenoxy) is 5. The number of halogens is 3. The van der Waals surface area contributed by atoms with Crippen molar-refractivity contribution in [3.8, 4) is 17.2 Å². The fourth-order valence-electron chi connectivity index (χ4n) is 3.50. The van der Waals surface area contributed by atoms with Crippen LogP contribution in [0, 0.1) is 5.82 Å². The molecule has 3 aromatic carbocycles. The van der Waals surface area contributed by atoms with E-state index in [2.05, 4.69) is 4.74 Å². The Balaban J connectivity index is 1.43. The van der Waals surface area contributed by atoms with Crippen LogP contribution in [0.3, 0.4) is 0 Å². The van der Waals surface area contributed by atoms with Crippen molar-refractivity contribution in [2.45, 2.75) is 26.1 Å². The van der Waals surface area contributed by atoms with Crippen molar-refractivity contribution in [2.75, 3.05) is 7.11 Å². The fraction of sp³-hybridized carbons (Fsp3) is 0.192. The molecule has 35 heavy (non-hydrogen) atoms. The SMILES string of the molecule is COc1cc(/C=C/C(=O)OCc2cc(F)cc3c2O[C@H](c2ccccc2)OC3)ccc1OC(F)F. The lowest BCUT2D eigenvalue weighted by molar-refractivity contribution is -0.139. The van der Waals surface area contributed by atoms with Crippen LogP contribution in [0.25, 0.3) is 6.08 Å². The first kappa shape index (κ1) is 24.2. The number of esters is 1. The Labute approximate surface area is 199 Å². The van der Waals surface area contributed by atoms with Gasteiger partial charge in [-0.25, -0.2) is 9.18 Å². The lowest BCUT2D eigenvalue weighted by Crippen LogP contribution is -2.19. The average Bonchev–Trinajstić information content (AvgIpc) is 2.86. The Bertz CT molecular complexity index is 1210. The van der Waals surface area contributed by atoms with Crippen LogP contribution in [0.4, 0.5) is 13.2 Å². The van der Waals surface area contributed by atoms with Crippen LogP contribution < -0.4 is 14.2 Å². The molecule has 0 saturated carbocycles. The van der Waals surface area contributed by atoms with E-state index in [-0.39, 0.29) is 24.7 Å². The Kier molecular flexibility index (Phi) is 7.57. The van der Waals surface area contributed by atoms with E-state index in [1.807, 2.05) is 30.3 Å². The maximum Gasteiger partial charge on any atom is 0.387 e. The molecule has 0 unspecified atom stereocenters. The first-order chi connectivity index (χ1) is 16.9. The van der Waals surface area contributed by atoms with Gasteiger partial charge in [0, 0.05) is 22.8 Å². The summed E-state index contributed by atoms with van der Waals surface area (Å²) in [5.41, 5.74) is 2.17. The van der Waals surface area contributed by atoms with Gasteiger partial charge >= 0.3 is 12.6 Å². The standard InChI is InChI=1S/C26H21F3O6/c1-31-22-11-16(7-9-21(22)34-26(28)29)8-10-23(30)32-14-18-12-20(27)13-19-15-33-25(35-24(18)19)17-5-3-2-4-6-17/h2-13,25-26H,14-15H2,1H3/b10-8+/t25-/m1/s1. The van der Waals surface area contributed by atoms with Crippen molar-refractivity contribution in [3.05, 3.63) is 94.8 Å². The van der Waals surface area contributed by atoms with E-state index < -0.39 is 24.7 Å². The van der Waals surface area contributed by atoms with Crippen LogP contribution in [0.1, 0.15) is 28.5 Å². The molecule has 0 radical (unpaired) electrons. The summed E-state index contributed by atoms with van der Waals surface area (Å²) >= 11 is 0. The smallest absolute Gasteiger partial charge is 0.387 e. The summed E-state index contributed by atoms with van der Waals surface area (Å²) in [6, 6.07) is 16.1. The van der Waals surface area contributed by atoms with Crippen LogP contribution in [0.15, 0.2) is 66.7 Å². The number of rotatable bonds is 8. The van der Waals surface area contributed by atoms with E-state index in [1.165, 1.54) is 43.5 Å². The minimum atomic E-state index is -2.99. The van der Waals surface area contributed by atoms with Crippen LogP contribution in [0.2, 0.25) is 0 Å². The number of hydrogen-bond acceptors (Lipinski definition) is 6. The first-order valence-electron chi connectivity index (χ1n) is 10.5. The van der Waals surface area contributed by atoms with Crippen molar-refractivity contribution in [3.63, 3.8) is 0 Å². The third kappa shape index (κ3) is 6.13. The number of carbonyl (C=O) groups is 1. The summed E-state index contributed by atoms with van der Waals surface area (Å²) in [6.07, 6.45) is 1.91. The second kappa shape index (κ2) is 11.0. The molecule has 0 aromatic heterocycles. The van der Waals surface area contributed by atoms with Gasteiger partial charge in [-0.1, -0.05) is 36.4 Å². The zero-order chi connectivity index (χ0) is 24.8. The molecule has 1 aliphatic rings. The monoisotopic (exact) mass is 486 g/mol. The van der Waals surface area contributed by atoms with Gasteiger partial charge in [0.25, 0.3) is 0 Å². The minimum absolute atomic E-state index is 0.0829. The highest BCUT2D eigenvalue weighted by molar-refractivity contribution is 5.87. The largest absolute Gasteiger partial charge is 0.493 e. The summed E-state index contributed by atoms with van der Waals surface area (Å²) in [4.78, 5) is 12.3. The molecule has 0 aliphatic carbocycles. The molecule has 0 N–H and O–H groups in total. The van der Waals surface area contributed by atoms with E-state index in [0.717, 1.165) is 11.6 Å². The van der Waals surface area contributed by atoms with Crippen LogP contribution in [-0.2, 0) is 27.5 Å². The number of methoxy groups -OCH3 is 1. The number of alkyl halides is 2. The lowest BCUT2D eigenvalue weighted by atomic mass is 10.1. The molecule has 1 aliphatic heterocycles. The van der Waals surface area contributed by atoms with Gasteiger partial charge in [0.2, 0.25) is 6.29 Å². The molecular formula is C26H21F3O6. The Morgan fingerprint density at radius 2 is 1.91 bits per heavy atom. The molecule has 6 nitrogen and oxygen atoms in total. The summed E-state index contributed by atoms with van der Waals surface area (Å²) < 4.78 is 65.4. The van der Waals surface area contributed by atoms with Gasteiger partial charge in [-0.15, -0.1) is 0 Å². The fourth-order valence-corrected chi connectivity index (χ4v) is 3.50. The Morgan fingerprint density at radius 1 is 1.11 bits per heavy atom. The van der Waals surface area contributed by atoms with Gasteiger partial charge < -0.3 is 23.7 Å². The molecule has 4 rings (SSSR count). The molecule has 9 heteroatoms. The maximum atomic E-state index is 14.1. The van der Waals surface area contributed by atoms with E-state index in [9.17, 15) is 18.0 Å². The zero-order valence-corrected chi connectivity index (χ0v) is 18.6. The molecule has 1 heterocycles. The summed E-state index contributed by atoms with van der Waals surface area (Å²) in [5, 5.41) is 0. The molecule has 182 valence electrons. The first-order valence-corrected chi connectivity index (χ1v) is 10.5. The van der Waals surface area contributed by atoms with Gasteiger partial charge in [-0.3, -0.25) is 0 Å². The number of carbonyl (C=O) groups excluding carboxylic acids is 1. The van der Waals surface area contributed by atoms with Gasteiger partial charge in [-0.05, 0) is 35.9 Å². The molecule has 0 amide bonds. The van der Waals surface area contributed by atoms with Crippen LogP contribution in [-0.4, -0.2) is 19.7 Å². The van der Waals surface area contributed by atoms with E-state index in [4.69, 9.17) is 18.9 Å². The van der Waals surface area contributed by atoms with Gasteiger partial charge in [-0.2, -0.15) is 8.78 Å². The summed E-state index contributed by atoms with van der Waals surface area (Å²) in [5.74, 6) is -0.839. The molecule has 0 spiro atoms. The molecule has 1 atom stereocenters. The highest BCUT2D eigenvalue weighted by Crippen LogP contribution is 2.37. The number of fused-ring (bicyclic) bond motifs is 1. The van der Waals surface area contributed by atoms with E-state index in [1.54, 1.807) is 0 Å². The molecule has 0 bridgehead atoms. The van der Waals surface area contributed by atoms with Crippen molar-refractivity contribution in [2.24, 2.45) is 0 Å². The van der Waals surface area contributed by atoms with Crippen molar-refractivity contribution < 1.29 is 41.7 Å². The highest BCUT2D eigenvalue weighted by Gasteiger charge is 2.25. The third-order valence-corrected chi connectivity index (χ3v) is 5.08. The number of hydrogen-bond donors (Lipinski definition) is 0. The molecule has 3 aromatic rings.